The number of nitrogens with zero attached hydrogens (tertiary/aromatic N) is 3. The SMILES string of the molecule is CCOc1ccc([C@H]2C3=C(C[C@H](c4cc(OC)c(OC)c(OC)c4)CC3=O)Nc3ncnn32)cc1. The van der Waals surface area contributed by atoms with Crippen LogP contribution in [0.1, 0.15) is 42.9 Å². The molecular formula is C26H28N4O5. The molecule has 0 unspecified atom stereocenters. The predicted molar refractivity (Wildman–Crippen MR) is 130 cm³/mol. The molecule has 9 heteroatoms. The summed E-state index contributed by atoms with van der Waals surface area (Å²) in [6, 6.07) is 11.3. The lowest BCUT2D eigenvalue weighted by molar-refractivity contribution is -0.116. The van der Waals surface area contributed by atoms with E-state index in [2.05, 4.69) is 15.4 Å². The number of hydrogen-bond donors (Lipinski definition) is 1. The van der Waals surface area contributed by atoms with E-state index in [1.165, 1.54) is 6.33 Å². The molecule has 9 nitrogen and oxygen atoms in total. The molecule has 3 aromatic rings. The van der Waals surface area contributed by atoms with Crippen LogP contribution in [-0.2, 0) is 4.79 Å². The Hall–Kier alpha value is -4.01. The maximum Gasteiger partial charge on any atom is 0.226 e. The minimum Gasteiger partial charge on any atom is -0.494 e. The van der Waals surface area contributed by atoms with Crippen molar-refractivity contribution in [1.82, 2.24) is 14.8 Å². The van der Waals surface area contributed by atoms with Gasteiger partial charge in [0.15, 0.2) is 17.3 Å². The highest BCUT2D eigenvalue weighted by Crippen LogP contribution is 2.47. The lowest BCUT2D eigenvalue weighted by Gasteiger charge is -2.35. The van der Waals surface area contributed by atoms with Gasteiger partial charge in [-0.3, -0.25) is 4.79 Å². The Morgan fingerprint density at radius 1 is 1.00 bits per heavy atom. The number of benzene rings is 2. The van der Waals surface area contributed by atoms with Gasteiger partial charge in [-0.05, 0) is 54.7 Å². The molecular weight excluding hydrogens is 448 g/mol. The first-order valence-electron chi connectivity index (χ1n) is 11.5. The first-order chi connectivity index (χ1) is 17.1. The highest BCUT2D eigenvalue weighted by molar-refractivity contribution is 6.00. The minimum absolute atomic E-state index is 0.0575. The summed E-state index contributed by atoms with van der Waals surface area (Å²) in [5, 5.41) is 7.78. The Labute approximate surface area is 203 Å². The zero-order valence-corrected chi connectivity index (χ0v) is 20.2. The van der Waals surface area contributed by atoms with E-state index in [-0.39, 0.29) is 17.7 Å². The van der Waals surface area contributed by atoms with E-state index < -0.39 is 0 Å². The fourth-order valence-corrected chi connectivity index (χ4v) is 4.95. The monoisotopic (exact) mass is 476 g/mol. The smallest absolute Gasteiger partial charge is 0.226 e. The highest BCUT2D eigenvalue weighted by Gasteiger charge is 2.39. The number of allylic oxidation sites excluding steroid dienone is 2. The second kappa shape index (κ2) is 9.32. The van der Waals surface area contributed by atoms with Crippen molar-refractivity contribution in [3.05, 3.63) is 65.1 Å². The third-order valence-corrected chi connectivity index (χ3v) is 6.53. The number of fused-ring (bicyclic) bond motifs is 1. The van der Waals surface area contributed by atoms with Crippen molar-refractivity contribution in [2.75, 3.05) is 33.3 Å². The average Bonchev–Trinajstić information content (AvgIpc) is 3.35. The van der Waals surface area contributed by atoms with Crippen molar-refractivity contribution in [3.63, 3.8) is 0 Å². The van der Waals surface area contributed by atoms with Crippen molar-refractivity contribution in [2.24, 2.45) is 0 Å². The number of ether oxygens (including phenoxy) is 4. The summed E-state index contributed by atoms with van der Waals surface area (Å²) in [5.74, 6) is 3.07. The molecule has 2 atom stereocenters. The van der Waals surface area contributed by atoms with Gasteiger partial charge in [-0.15, -0.1) is 0 Å². The maximum atomic E-state index is 13.7. The molecule has 0 spiro atoms. The van der Waals surface area contributed by atoms with E-state index in [0.717, 1.165) is 28.1 Å². The first-order valence-corrected chi connectivity index (χ1v) is 11.5. The molecule has 2 aromatic carbocycles. The summed E-state index contributed by atoms with van der Waals surface area (Å²) in [6.45, 7) is 2.54. The number of anilines is 1. The number of carbonyl (C=O) groups excluding carboxylic acids is 1. The second-order valence-corrected chi connectivity index (χ2v) is 8.44. The molecule has 5 rings (SSSR count). The van der Waals surface area contributed by atoms with Crippen LogP contribution in [0.2, 0.25) is 0 Å². The summed E-state index contributed by atoms with van der Waals surface area (Å²) in [7, 11) is 4.75. The van der Waals surface area contributed by atoms with Crippen molar-refractivity contribution in [3.8, 4) is 23.0 Å². The fourth-order valence-electron chi connectivity index (χ4n) is 4.95. The summed E-state index contributed by atoms with van der Waals surface area (Å²) in [6.07, 6.45) is 2.50. The van der Waals surface area contributed by atoms with E-state index in [4.69, 9.17) is 18.9 Å². The zero-order valence-electron chi connectivity index (χ0n) is 20.2. The van der Waals surface area contributed by atoms with E-state index in [9.17, 15) is 4.79 Å². The Balaban J connectivity index is 1.54. The normalized spacial score (nSPS) is 18.9. The molecule has 2 heterocycles. The van der Waals surface area contributed by atoms with Gasteiger partial charge in [0.1, 0.15) is 18.1 Å². The van der Waals surface area contributed by atoms with Crippen LogP contribution in [0.5, 0.6) is 23.0 Å². The molecule has 0 amide bonds. The van der Waals surface area contributed by atoms with Crippen molar-refractivity contribution in [2.45, 2.75) is 31.7 Å². The van der Waals surface area contributed by atoms with Gasteiger partial charge in [0.25, 0.3) is 0 Å². The Morgan fingerprint density at radius 2 is 1.71 bits per heavy atom. The average molecular weight is 477 g/mol. The molecule has 2 aliphatic rings. The van der Waals surface area contributed by atoms with Crippen molar-refractivity contribution < 1.29 is 23.7 Å². The number of hydrogen-bond acceptors (Lipinski definition) is 8. The molecule has 1 aliphatic carbocycles. The number of rotatable bonds is 7. The molecule has 182 valence electrons. The molecule has 0 saturated carbocycles. The number of Topliss-reactive ketones (excluding diaryl/α,β-unsaturated/α-hetero) is 1. The van der Waals surface area contributed by atoms with Crippen molar-refractivity contribution in [1.29, 1.82) is 0 Å². The molecule has 0 saturated heterocycles. The molecule has 35 heavy (non-hydrogen) atoms. The van der Waals surface area contributed by atoms with Gasteiger partial charge >= 0.3 is 0 Å². The Kier molecular flexibility index (Phi) is 6.07. The maximum absolute atomic E-state index is 13.7. The number of nitrogens with one attached hydrogen (secondary N) is 1. The van der Waals surface area contributed by atoms with Gasteiger partial charge < -0.3 is 24.3 Å². The third kappa shape index (κ3) is 3.96. The van der Waals surface area contributed by atoms with Crippen LogP contribution < -0.4 is 24.3 Å². The van der Waals surface area contributed by atoms with Gasteiger partial charge in [0.2, 0.25) is 11.7 Å². The predicted octanol–water partition coefficient (Wildman–Crippen LogP) is 4.12. The third-order valence-electron chi connectivity index (χ3n) is 6.53. The molecule has 1 aromatic heterocycles. The van der Waals surface area contributed by atoms with E-state index in [1.54, 1.807) is 26.0 Å². The van der Waals surface area contributed by atoms with Crippen LogP contribution in [0.3, 0.4) is 0 Å². The topological polar surface area (TPSA) is 96.7 Å². The summed E-state index contributed by atoms with van der Waals surface area (Å²) in [4.78, 5) is 18.0. The van der Waals surface area contributed by atoms with E-state index in [0.29, 0.717) is 42.6 Å². The summed E-state index contributed by atoms with van der Waals surface area (Å²) >= 11 is 0. The second-order valence-electron chi connectivity index (χ2n) is 8.44. The standard InChI is InChI=1S/C26H28N4O5/c1-5-35-18-8-6-15(7-9-18)24-23-19(29-26-27-14-28-30(24)26)10-16(11-20(23)31)17-12-21(32-2)25(34-4)22(13-17)33-3/h6-9,12-14,16,24H,5,10-11H2,1-4H3,(H,27,28,29)/t16-,24-/m0/s1. The lowest BCUT2D eigenvalue weighted by Crippen LogP contribution is -2.33. The summed E-state index contributed by atoms with van der Waals surface area (Å²) < 4.78 is 23.9. The Morgan fingerprint density at radius 3 is 2.34 bits per heavy atom. The lowest BCUT2D eigenvalue weighted by atomic mass is 9.77. The van der Waals surface area contributed by atoms with Crippen LogP contribution >= 0.6 is 0 Å². The van der Waals surface area contributed by atoms with Crippen molar-refractivity contribution >= 4 is 11.7 Å². The van der Waals surface area contributed by atoms with Gasteiger partial charge in [0.05, 0.1) is 27.9 Å². The molecule has 1 aliphatic heterocycles. The van der Waals surface area contributed by atoms with E-state index in [1.807, 2.05) is 43.3 Å². The van der Waals surface area contributed by atoms with Crippen LogP contribution in [0.15, 0.2) is 54.0 Å². The van der Waals surface area contributed by atoms with Gasteiger partial charge in [-0.1, -0.05) is 12.1 Å². The number of methoxy groups -OCH3 is 3. The molecule has 0 bridgehead atoms. The van der Waals surface area contributed by atoms with Gasteiger partial charge in [-0.2, -0.15) is 10.1 Å². The highest BCUT2D eigenvalue weighted by atomic mass is 16.5. The molecule has 0 fully saturated rings. The number of aromatic nitrogens is 3. The van der Waals surface area contributed by atoms with E-state index >= 15 is 0 Å². The van der Waals surface area contributed by atoms with Gasteiger partial charge in [-0.25, -0.2) is 4.68 Å². The van der Waals surface area contributed by atoms with Crippen LogP contribution in [-0.4, -0.2) is 48.5 Å². The van der Waals surface area contributed by atoms with Crippen LogP contribution in [0.4, 0.5) is 5.95 Å². The first kappa shape index (κ1) is 22.8. The van der Waals surface area contributed by atoms with Crippen LogP contribution in [0.25, 0.3) is 0 Å². The fraction of sp³-hybridized carbons (Fsp3) is 0.346. The largest absolute Gasteiger partial charge is 0.494 e. The Bertz CT molecular complexity index is 1260. The number of ketones is 1. The number of carbonyl (C=O) groups is 1. The van der Waals surface area contributed by atoms with Crippen LogP contribution in [0, 0.1) is 0 Å². The minimum atomic E-state index is -0.354. The zero-order chi connectivity index (χ0) is 24.5. The quantitative estimate of drug-likeness (QED) is 0.544. The molecule has 0 radical (unpaired) electrons. The summed E-state index contributed by atoms with van der Waals surface area (Å²) in [5.41, 5.74) is 3.48. The van der Waals surface area contributed by atoms with Gasteiger partial charge in [0, 0.05) is 17.7 Å². The molecule has 1 N–H and O–H groups in total.